The summed E-state index contributed by atoms with van der Waals surface area (Å²) in [7, 11) is 0. The van der Waals surface area contributed by atoms with Crippen molar-refractivity contribution in [3.05, 3.63) is 12.7 Å². The standard InChI is InChI=1S/C10H20N4O.HI/c1-4-5-12-9(15)7-14-10(11)13-6-8(2)3;/h4,8H,1,5-7H2,2-3H3,(H,12,15)(H3,11,13,14);1H. The van der Waals surface area contributed by atoms with Crippen LogP contribution in [-0.2, 0) is 4.79 Å². The first kappa shape index (κ1) is 17.6. The number of nitrogens with two attached hydrogens (primary N) is 1. The van der Waals surface area contributed by atoms with Crippen LogP contribution in [0.1, 0.15) is 13.8 Å². The highest BCUT2D eigenvalue weighted by molar-refractivity contribution is 14.0. The van der Waals surface area contributed by atoms with Crippen molar-refractivity contribution >= 4 is 35.8 Å². The predicted molar refractivity (Wildman–Crippen MR) is 78.0 cm³/mol. The van der Waals surface area contributed by atoms with E-state index < -0.39 is 0 Å². The zero-order valence-corrected chi connectivity index (χ0v) is 12.2. The second kappa shape index (κ2) is 10.7. The zero-order chi connectivity index (χ0) is 11.7. The third-order valence-corrected chi connectivity index (χ3v) is 1.53. The van der Waals surface area contributed by atoms with E-state index in [9.17, 15) is 4.79 Å². The van der Waals surface area contributed by atoms with Crippen molar-refractivity contribution in [2.24, 2.45) is 16.6 Å². The molecular weight excluding hydrogens is 319 g/mol. The smallest absolute Gasteiger partial charge is 0.242 e. The quantitative estimate of drug-likeness (QED) is 0.285. The molecule has 0 bridgehead atoms. The van der Waals surface area contributed by atoms with Crippen LogP contribution in [0.3, 0.4) is 0 Å². The molecule has 0 saturated carbocycles. The fourth-order valence-electron chi connectivity index (χ4n) is 0.763. The van der Waals surface area contributed by atoms with Crippen LogP contribution in [0.4, 0.5) is 0 Å². The first-order valence-corrected chi connectivity index (χ1v) is 4.97. The van der Waals surface area contributed by atoms with E-state index >= 15 is 0 Å². The molecule has 0 radical (unpaired) electrons. The van der Waals surface area contributed by atoms with Crippen LogP contribution in [0, 0.1) is 5.92 Å². The SMILES string of the molecule is C=CCNC(=O)CN=C(N)NCC(C)C.I. The van der Waals surface area contributed by atoms with E-state index in [1.807, 2.05) is 0 Å². The Kier molecular flexibility index (Phi) is 11.8. The van der Waals surface area contributed by atoms with Gasteiger partial charge >= 0.3 is 0 Å². The molecule has 5 nitrogen and oxygen atoms in total. The molecule has 0 aromatic heterocycles. The van der Waals surface area contributed by atoms with E-state index in [1.54, 1.807) is 6.08 Å². The third kappa shape index (κ3) is 11.3. The van der Waals surface area contributed by atoms with Crippen molar-refractivity contribution in [3.8, 4) is 0 Å². The van der Waals surface area contributed by atoms with Gasteiger partial charge in [-0.1, -0.05) is 19.9 Å². The number of carbonyl (C=O) groups is 1. The number of nitrogens with one attached hydrogen (secondary N) is 2. The highest BCUT2D eigenvalue weighted by Gasteiger charge is 1.98. The number of hydrogen-bond acceptors (Lipinski definition) is 2. The Hall–Kier alpha value is -0.790. The average Bonchev–Trinajstić information content (AvgIpc) is 2.20. The van der Waals surface area contributed by atoms with Gasteiger partial charge < -0.3 is 16.4 Å². The lowest BCUT2D eigenvalue weighted by molar-refractivity contribution is -0.119. The number of guanidine groups is 1. The van der Waals surface area contributed by atoms with E-state index in [0.717, 1.165) is 6.54 Å². The summed E-state index contributed by atoms with van der Waals surface area (Å²) < 4.78 is 0. The molecule has 0 aliphatic carbocycles. The van der Waals surface area contributed by atoms with Gasteiger partial charge in [-0.15, -0.1) is 30.6 Å². The number of halogens is 1. The summed E-state index contributed by atoms with van der Waals surface area (Å²) in [4.78, 5) is 15.0. The van der Waals surface area contributed by atoms with E-state index in [1.165, 1.54) is 0 Å². The van der Waals surface area contributed by atoms with Crippen LogP contribution in [0.15, 0.2) is 17.6 Å². The van der Waals surface area contributed by atoms with Crippen molar-refractivity contribution < 1.29 is 4.79 Å². The Labute approximate surface area is 114 Å². The van der Waals surface area contributed by atoms with Crippen LogP contribution < -0.4 is 16.4 Å². The molecule has 0 aromatic rings. The summed E-state index contributed by atoms with van der Waals surface area (Å²) in [5.41, 5.74) is 5.54. The molecule has 0 spiro atoms. The van der Waals surface area contributed by atoms with Crippen molar-refractivity contribution in [2.75, 3.05) is 19.6 Å². The maximum Gasteiger partial charge on any atom is 0.242 e. The predicted octanol–water partition coefficient (Wildman–Crippen LogP) is 0.467. The molecule has 0 aliphatic rings. The first-order valence-electron chi connectivity index (χ1n) is 4.97. The van der Waals surface area contributed by atoms with Gasteiger partial charge in [-0.05, 0) is 5.92 Å². The van der Waals surface area contributed by atoms with Crippen LogP contribution in [-0.4, -0.2) is 31.5 Å². The van der Waals surface area contributed by atoms with Crippen molar-refractivity contribution in [1.82, 2.24) is 10.6 Å². The van der Waals surface area contributed by atoms with Gasteiger partial charge in [0.1, 0.15) is 6.54 Å². The molecule has 0 fully saturated rings. The molecule has 0 aliphatic heterocycles. The summed E-state index contributed by atoms with van der Waals surface area (Å²) in [6.45, 7) is 8.87. The number of aliphatic imine (C=N–C) groups is 1. The largest absolute Gasteiger partial charge is 0.370 e. The highest BCUT2D eigenvalue weighted by Crippen LogP contribution is 1.85. The molecule has 4 N–H and O–H groups in total. The van der Waals surface area contributed by atoms with E-state index in [-0.39, 0.29) is 36.4 Å². The fourth-order valence-corrected chi connectivity index (χ4v) is 0.763. The average molecular weight is 340 g/mol. The van der Waals surface area contributed by atoms with Gasteiger partial charge in [0.25, 0.3) is 0 Å². The van der Waals surface area contributed by atoms with Gasteiger partial charge in [0, 0.05) is 13.1 Å². The Bertz CT molecular complexity index is 241. The van der Waals surface area contributed by atoms with E-state index in [0.29, 0.717) is 18.4 Å². The summed E-state index contributed by atoms with van der Waals surface area (Å²) in [6, 6.07) is 0. The van der Waals surface area contributed by atoms with Gasteiger partial charge in [0.05, 0.1) is 0 Å². The molecule has 0 aromatic carbocycles. The Balaban J connectivity index is 0. The summed E-state index contributed by atoms with van der Waals surface area (Å²) in [5, 5.41) is 5.53. The van der Waals surface area contributed by atoms with Gasteiger partial charge in [0.15, 0.2) is 5.96 Å². The second-order valence-corrected chi connectivity index (χ2v) is 3.57. The van der Waals surface area contributed by atoms with Gasteiger partial charge in [-0.2, -0.15) is 0 Å². The van der Waals surface area contributed by atoms with E-state index in [2.05, 4.69) is 36.1 Å². The van der Waals surface area contributed by atoms with Gasteiger partial charge in [-0.25, -0.2) is 4.99 Å². The maximum atomic E-state index is 11.1. The number of carbonyl (C=O) groups excluding carboxylic acids is 1. The first-order chi connectivity index (χ1) is 7.06. The third-order valence-electron chi connectivity index (χ3n) is 1.53. The number of hydrogen-bond donors (Lipinski definition) is 3. The molecule has 0 atom stereocenters. The Morgan fingerprint density at radius 1 is 1.50 bits per heavy atom. The molecule has 1 amide bonds. The minimum absolute atomic E-state index is 0. The molecule has 94 valence electrons. The van der Waals surface area contributed by atoms with Crippen LogP contribution in [0.5, 0.6) is 0 Å². The Morgan fingerprint density at radius 2 is 2.12 bits per heavy atom. The summed E-state index contributed by atoms with van der Waals surface area (Å²) in [5.74, 6) is 0.634. The van der Waals surface area contributed by atoms with Gasteiger partial charge in [0.2, 0.25) is 5.91 Å². The number of amides is 1. The number of nitrogens with zero attached hydrogens (tertiary/aromatic N) is 1. The molecule has 16 heavy (non-hydrogen) atoms. The monoisotopic (exact) mass is 340 g/mol. The topological polar surface area (TPSA) is 79.5 Å². The van der Waals surface area contributed by atoms with Crippen molar-refractivity contribution in [3.63, 3.8) is 0 Å². The maximum absolute atomic E-state index is 11.1. The van der Waals surface area contributed by atoms with Crippen LogP contribution in [0.25, 0.3) is 0 Å². The fraction of sp³-hybridized carbons (Fsp3) is 0.600. The van der Waals surface area contributed by atoms with Crippen LogP contribution >= 0.6 is 24.0 Å². The van der Waals surface area contributed by atoms with Crippen molar-refractivity contribution in [1.29, 1.82) is 0 Å². The minimum atomic E-state index is -0.163. The lowest BCUT2D eigenvalue weighted by Gasteiger charge is -2.07. The second-order valence-electron chi connectivity index (χ2n) is 3.57. The number of rotatable bonds is 6. The molecule has 0 heterocycles. The summed E-state index contributed by atoms with van der Waals surface area (Å²) >= 11 is 0. The molecule has 0 unspecified atom stereocenters. The Morgan fingerprint density at radius 3 is 2.62 bits per heavy atom. The lowest BCUT2D eigenvalue weighted by Crippen LogP contribution is -2.36. The van der Waals surface area contributed by atoms with Crippen LogP contribution in [0.2, 0.25) is 0 Å². The summed E-state index contributed by atoms with van der Waals surface area (Å²) in [6.07, 6.45) is 1.61. The van der Waals surface area contributed by atoms with E-state index in [4.69, 9.17) is 5.73 Å². The lowest BCUT2D eigenvalue weighted by atomic mass is 10.2. The molecule has 0 saturated heterocycles. The zero-order valence-electron chi connectivity index (χ0n) is 9.82. The molecule has 6 heteroatoms. The van der Waals surface area contributed by atoms with Gasteiger partial charge in [-0.3, -0.25) is 4.79 Å². The molecule has 0 rings (SSSR count). The normalized spacial score (nSPS) is 10.6. The van der Waals surface area contributed by atoms with Crippen molar-refractivity contribution in [2.45, 2.75) is 13.8 Å². The molecular formula is C10H21IN4O. The minimum Gasteiger partial charge on any atom is -0.370 e. The highest BCUT2D eigenvalue weighted by atomic mass is 127.